The first-order valence-electron chi connectivity index (χ1n) is 10.5. The lowest BCUT2D eigenvalue weighted by molar-refractivity contribution is 0.136. The largest absolute Gasteiger partial charge is 0.493 e. The summed E-state index contributed by atoms with van der Waals surface area (Å²) in [6.45, 7) is 5.17. The van der Waals surface area contributed by atoms with Crippen LogP contribution < -0.4 is 9.47 Å². The lowest BCUT2D eigenvalue weighted by atomic mass is 9.74. The van der Waals surface area contributed by atoms with E-state index >= 15 is 4.39 Å². The van der Waals surface area contributed by atoms with Crippen LogP contribution >= 0.6 is 23.4 Å². The summed E-state index contributed by atoms with van der Waals surface area (Å²) in [5, 5.41) is 0.705. The number of ether oxygens (including phenoxy) is 3. The predicted octanol–water partition coefficient (Wildman–Crippen LogP) is 7.30. The number of thioether (sulfide) groups is 1. The lowest BCUT2D eigenvalue weighted by Crippen LogP contribution is -2.23. The molecule has 0 fully saturated rings. The molecule has 1 aliphatic rings. The van der Waals surface area contributed by atoms with Crippen LogP contribution in [0.4, 0.5) is 4.39 Å². The summed E-state index contributed by atoms with van der Waals surface area (Å²) in [4.78, 5) is 0.931. The molecule has 0 saturated carbocycles. The molecule has 0 atom stereocenters. The molecule has 0 aromatic heterocycles. The molecule has 6 heteroatoms. The first-order valence-corrected chi connectivity index (χ1v) is 11.8. The van der Waals surface area contributed by atoms with Gasteiger partial charge in [0.15, 0.2) is 11.5 Å². The number of benzene rings is 2. The molecule has 0 amide bonds. The number of allylic oxidation sites excluding steroid dienone is 4. The van der Waals surface area contributed by atoms with E-state index in [1.54, 1.807) is 32.1 Å². The fourth-order valence-corrected chi connectivity index (χ4v) is 4.70. The number of hydrogen-bond acceptors (Lipinski definition) is 4. The van der Waals surface area contributed by atoms with Crippen molar-refractivity contribution in [3.63, 3.8) is 0 Å². The van der Waals surface area contributed by atoms with Crippen molar-refractivity contribution < 1.29 is 18.6 Å². The first kappa shape index (κ1) is 24.7. The molecule has 2 aromatic carbocycles. The van der Waals surface area contributed by atoms with Crippen LogP contribution in [-0.2, 0) is 16.8 Å². The van der Waals surface area contributed by atoms with Crippen molar-refractivity contribution in [3.05, 3.63) is 87.4 Å². The number of hydrogen-bond donors (Lipinski definition) is 0. The summed E-state index contributed by atoms with van der Waals surface area (Å²) in [6, 6.07) is 13.4. The highest BCUT2D eigenvalue weighted by atomic mass is 35.5. The molecule has 0 heterocycles. The lowest BCUT2D eigenvalue weighted by Gasteiger charge is -2.31. The number of rotatable bonds is 10. The Labute approximate surface area is 199 Å². The zero-order valence-corrected chi connectivity index (χ0v) is 20.5. The molecule has 0 unspecified atom stereocenters. The van der Waals surface area contributed by atoms with E-state index in [1.165, 1.54) is 0 Å². The Bertz CT molecular complexity index is 1000. The maximum Gasteiger partial charge on any atom is 0.161 e. The van der Waals surface area contributed by atoms with Crippen LogP contribution in [0.1, 0.15) is 31.4 Å². The van der Waals surface area contributed by atoms with Gasteiger partial charge >= 0.3 is 0 Å². The maximum absolute atomic E-state index is 15.1. The third kappa shape index (κ3) is 6.09. The van der Waals surface area contributed by atoms with Gasteiger partial charge in [0.1, 0.15) is 5.83 Å². The van der Waals surface area contributed by atoms with E-state index in [4.69, 9.17) is 25.8 Å². The van der Waals surface area contributed by atoms with E-state index in [1.807, 2.05) is 56.3 Å². The van der Waals surface area contributed by atoms with Crippen molar-refractivity contribution >= 4 is 23.4 Å². The fourth-order valence-electron chi connectivity index (χ4n) is 3.66. The summed E-state index contributed by atoms with van der Waals surface area (Å²) in [7, 11) is 3.21. The predicted molar refractivity (Wildman–Crippen MR) is 131 cm³/mol. The Morgan fingerprint density at radius 2 is 1.84 bits per heavy atom. The Morgan fingerprint density at radius 1 is 1.06 bits per heavy atom. The number of halogens is 2. The van der Waals surface area contributed by atoms with E-state index in [0.29, 0.717) is 36.2 Å². The van der Waals surface area contributed by atoms with Crippen LogP contribution in [0.2, 0.25) is 5.02 Å². The smallest absolute Gasteiger partial charge is 0.161 e. The monoisotopic (exact) mass is 475 g/mol. The zero-order valence-electron chi connectivity index (χ0n) is 18.9. The van der Waals surface area contributed by atoms with Gasteiger partial charge in [-0.2, -0.15) is 0 Å². The van der Waals surface area contributed by atoms with E-state index in [9.17, 15) is 0 Å². The van der Waals surface area contributed by atoms with Crippen LogP contribution in [-0.4, -0.2) is 26.6 Å². The van der Waals surface area contributed by atoms with Crippen molar-refractivity contribution in [2.75, 3.05) is 26.6 Å². The Hall–Kier alpha value is -1.95. The fraction of sp³-hybridized carbons (Fsp3) is 0.346. The van der Waals surface area contributed by atoms with Crippen LogP contribution in [0.15, 0.2) is 64.8 Å². The second-order valence-corrected chi connectivity index (χ2v) is 9.61. The van der Waals surface area contributed by atoms with Crippen LogP contribution in [0, 0.1) is 6.42 Å². The minimum atomic E-state index is -0.479. The van der Waals surface area contributed by atoms with Crippen LogP contribution in [0.5, 0.6) is 11.5 Å². The van der Waals surface area contributed by atoms with Gasteiger partial charge in [-0.05, 0) is 58.4 Å². The molecule has 32 heavy (non-hydrogen) atoms. The molecule has 3 nitrogen and oxygen atoms in total. The number of methoxy groups -OCH3 is 2. The summed E-state index contributed by atoms with van der Waals surface area (Å²) < 4.78 is 31.6. The standard InChI is InChI=1S/C26H29ClFO3S/c1-26(2,19-8-11-24(29-3)25(15-19)30-4)22-10-9-21(16-23(22)28)32-13-12-31-17-18-6-5-7-20(27)14-18/h5-9,11,14-16H,10,12-13,17H2,1-4H3. The third-order valence-corrected chi connectivity index (χ3v) is 6.80. The topological polar surface area (TPSA) is 27.7 Å². The molecular weight excluding hydrogens is 447 g/mol. The minimum Gasteiger partial charge on any atom is -0.493 e. The second kappa shape index (κ2) is 11.3. The average Bonchev–Trinajstić information content (AvgIpc) is 2.78. The first-order chi connectivity index (χ1) is 15.3. The minimum absolute atomic E-state index is 0.172. The van der Waals surface area contributed by atoms with Gasteiger partial charge in [-0.25, -0.2) is 4.39 Å². The van der Waals surface area contributed by atoms with Gasteiger partial charge in [0.05, 0.1) is 27.4 Å². The molecule has 1 radical (unpaired) electrons. The van der Waals surface area contributed by atoms with Gasteiger partial charge in [-0.1, -0.05) is 43.6 Å². The zero-order chi connectivity index (χ0) is 23.1. The Kier molecular flexibility index (Phi) is 8.69. The van der Waals surface area contributed by atoms with Crippen molar-refractivity contribution in [3.8, 4) is 11.5 Å². The SMILES string of the molecule is COc1ccc(C(C)(C)C2=C(F)C=C(SCCOCc3cccc(Cl)c3)[CH]C2)cc1OC. The average molecular weight is 476 g/mol. The summed E-state index contributed by atoms with van der Waals surface area (Å²) >= 11 is 7.59. The molecule has 2 aromatic rings. The van der Waals surface area contributed by atoms with Gasteiger partial charge < -0.3 is 14.2 Å². The highest BCUT2D eigenvalue weighted by Crippen LogP contribution is 2.43. The second-order valence-electron chi connectivity index (χ2n) is 8.01. The molecule has 0 aliphatic heterocycles. The van der Waals surface area contributed by atoms with Crippen molar-refractivity contribution in [2.45, 2.75) is 32.3 Å². The molecular formula is C26H29ClFO3S. The summed E-state index contributed by atoms with van der Waals surface area (Å²) in [5.41, 5.74) is 2.30. The summed E-state index contributed by atoms with van der Waals surface area (Å²) in [5.74, 6) is 1.89. The molecule has 3 rings (SSSR count). The molecule has 171 valence electrons. The van der Waals surface area contributed by atoms with Crippen LogP contribution in [0.3, 0.4) is 0 Å². The van der Waals surface area contributed by atoms with Gasteiger partial charge in [-0.15, -0.1) is 11.8 Å². The molecule has 0 spiro atoms. The van der Waals surface area contributed by atoms with Gasteiger partial charge in [-0.3, -0.25) is 0 Å². The van der Waals surface area contributed by atoms with Crippen molar-refractivity contribution in [2.24, 2.45) is 0 Å². The Morgan fingerprint density at radius 3 is 2.53 bits per heavy atom. The van der Waals surface area contributed by atoms with Gasteiger partial charge in [0.2, 0.25) is 0 Å². The third-order valence-electron chi connectivity index (χ3n) is 5.58. The van der Waals surface area contributed by atoms with E-state index in [2.05, 4.69) is 6.42 Å². The summed E-state index contributed by atoms with van der Waals surface area (Å²) in [6.07, 6.45) is 4.28. The highest BCUT2D eigenvalue weighted by Gasteiger charge is 2.31. The van der Waals surface area contributed by atoms with E-state index in [0.717, 1.165) is 27.4 Å². The van der Waals surface area contributed by atoms with Gasteiger partial charge in [0, 0.05) is 22.6 Å². The Balaban J connectivity index is 1.59. The van der Waals surface area contributed by atoms with Crippen LogP contribution in [0.25, 0.3) is 0 Å². The van der Waals surface area contributed by atoms with E-state index in [-0.39, 0.29) is 5.83 Å². The molecule has 1 aliphatic carbocycles. The van der Waals surface area contributed by atoms with E-state index < -0.39 is 5.41 Å². The quantitative estimate of drug-likeness (QED) is 0.337. The van der Waals surface area contributed by atoms with Crippen molar-refractivity contribution in [1.29, 1.82) is 0 Å². The maximum atomic E-state index is 15.1. The van der Waals surface area contributed by atoms with Crippen molar-refractivity contribution in [1.82, 2.24) is 0 Å². The van der Waals surface area contributed by atoms with Gasteiger partial charge in [0.25, 0.3) is 0 Å². The molecule has 0 saturated heterocycles. The molecule has 0 bridgehead atoms. The normalized spacial score (nSPS) is 14.4. The molecule has 0 N–H and O–H groups in total. The highest BCUT2D eigenvalue weighted by molar-refractivity contribution is 8.03.